The van der Waals surface area contributed by atoms with E-state index in [-0.39, 0.29) is 5.91 Å². The van der Waals surface area contributed by atoms with Gasteiger partial charge in [-0.3, -0.25) is 4.79 Å². The minimum absolute atomic E-state index is 0.139. The number of hydrogen-bond acceptors (Lipinski definition) is 3. The first-order chi connectivity index (χ1) is 12.5. The number of amidine groups is 1. The fourth-order valence-corrected chi connectivity index (χ4v) is 3.89. The van der Waals surface area contributed by atoms with E-state index in [0.29, 0.717) is 15.1 Å². The molecule has 4 rings (SSSR count). The van der Waals surface area contributed by atoms with E-state index >= 15 is 0 Å². The molecule has 1 amide bonds. The molecule has 0 spiro atoms. The Morgan fingerprint density at radius 3 is 2.85 bits per heavy atom. The molecule has 0 radical (unpaired) electrons. The first-order valence-corrected chi connectivity index (χ1v) is 9.30. The molecule has 0 unspecified atom stereocenters. The van der Waals surface area contributed by atoms with Crippen molar-refractivity contribution in [1.82, 2.24) is 9.88 Å². The third-order valence-electron chi connectivity index (χ3n) is 4.25. The van der Waals surface area contributed by atoms with Crippen molar-refractivity contribution in [2.75, 3.05) is 0 Å². The van der Waals surface area contributed by atoms with E-state index in [9.17, 15) is 4.79 Å². The van der Waals surface area contributed by atoms with E-state index in [1.807, 2.05) is 50.5 Å². The fraction of sp³-hybridized carbons (Fsp3) is 0.100. The molecule has 6 heteroatoms. The van der Waals surface area contributed by atoms with Crippen LogP contribution < -0.4 is 5.32 Å². The highest BCUT2D eigenvalue weighted by atomic mass is 35.5. The van der Waals surface area contributed by atoms with Gasteiger partial charge in [-0.1, -0.05) is 35.9 Å². The number of aryl methyl sites for hydroxylation is 2. The van der Waals surface area contributed by atoms with Gasteiger partial charge in [0.05, 0.1) is 10.6 Å². The molecule has 4 nitrogen and oxygen atoms in total. The maximum atomic E-state index is 12.3. The molecule has 26 heavy (non-hydrogen) atoms. The molecule has 1 aliphatic rings. The van der Waals surface area contributed by atoms with Crippen LogP contribution in [0.2, 0.25) is 5.02 Å². The summed E-state index contributed by atoms with van der Waals surface area (Å²) in [7, 11) is 2.00. The van der Waals surface area contributed by atoms with Gasteiger partial charge in [0, 0.05) is 34.7 Å². The van der Waals surface area contributed by atoms with Crippen molar-refractivity contribution in [3.05, 3.63) is 69.7 Å². The SMILES string of the molecule is Cc1ccc(N=C2NC(=O)/C(=C/c3cn(C)c4ccccc34)S2)cc1Cl. The Labute approximate surface area is 160 Å². The number of halogens is 1. The second-order valence-corrected chi connectivity index (χ2v) is 7.57. The predicted octanol–water partition coefficient (Wildman–Crippen LogP) is 5.03. The lowest BCUT2D eigenvalue weighted by Gasteiger charge is -2.00. The number of thioether (sulfide) groups is 1. The molecule has 1 fully saturated rings. The minimum Gasteiger partial charge on any atom is -0.350 e. The average molecular weight is 382 g/mol. The highest BCUT2D eigenvalue weighted by Gasteiger charge is 2.24. The molecule has 0 aliphatic carbocycles. The largest absolute Gasteiger partial charge is 0.350 e. The predicted molar refractivity (Wildman–Crippen MR) is 110 cm³/mol. The van der Waals surface area contributed by atoms with E-state index in [1.54, 1.807) is 6.07 Å². The number of amides is 1. The van der Waals surface area contributed by atoms with Crippen LogP contribution in [0.5, 0.6) is 0 Å². The highest BCUT2D eigenvalue weighted by Crippen LogP contribution is 2.31. The van der Waals surface area contributed by atoms with E-state index in [4.69, 9.17) is 11.6 Å². The number of nitrogens with zero attached hydrogens (tertiary/aromatic N) is 2. The molecule has 1 aromatic heterocycles. The first-order valence-electron chi connectivity index (χ1n) is 8.11. The van der Waals surface area contributed by atoms with Crippen LogP contribution in [0.3, 0.4) is 0 Å². The number of para-hydroxylation sites is 1. The van der Waals surface area contributed by atoms with Crippen molar-refractivity contribution >= 4 is 57.1 Å². The average Bonchev–Trinajstić information content (AvgIpc) is 3.12. The van der Waals surface area contributed by atoms with Gasteiger partial charge in [0.15, 0.2) is 5.17 Å². The molecule has 2 aromatic carbocycles. The summed E-state index contributed by atoms with van der Waals surface area (Å²) in [4.78, 5) is 17.4. The lowest BCUT2D eigenvalue weighted by molar-refractivity contribution is -0.115. The summed E-state index contributed by atoms with van der Waals surface area (Å²) in [5.41, 5.74) is 3.86. The van der Waals surface area contributed by atoms with Gasteiger partial charge in [0.25, 0.3) is 5.91 Å². The number of nitrogens with one attached hydrogen (secondary N) is 1. The molecule has 1 aliphatic heterocycles. The molecule has 1 N–H and O–H groups in total. The zero-order chi connectivity index (χ0) is 18.3. The Hall–Kier alpha value is -2.50. The lowest BCUT2D eigenvalue weighted by atomic mass is 10.1. The number of aliphatic imine (C=N–C) groups is 1. The van der Waals surface area contributed by atoms with Crippen molar-refractivity contribution in [3.8, 4) is 0 Å². The Morgan fingerprint density at radius 2 is 2.04 bits per heavy atom. The van der Waals surface area contributed by atoms with E-state index in [1.165, 1.54) is 11.8 Å². The number of rotatable bonds is 2. The van der Waals surface area contributed by atoms with Crippen molar-refractivity contribution in [2.24, 2.45) is 12.0 Å². The topological polar surface area (TPSA) is 46.4 Å². The Balaban J connectivity index is 1.66. The zero-order valence-corrected chi connectivity index (χ0v) is 15.9. The van der Waals surface area contributed by atoms with Crippen LogP contribution in [0, 0.1) is 6.92 Å². The van der Waals surface area contributed by atoms with Gasteiger partial charge < -0.3 is 9.88 Å². The van der Waals surface area contributed by atoms with Gasteiger partial charge in [-0.15, -0.1) is 0 Å². The Kier molecular flexibility index (Phi) is 4.34. The summed E-state index contributed by atoms with van der Waals surface area (Å²) in [6.07, 6.45) is 3.94. The molecule has 2 heterocycles. The van der Waals surface area contributed by atoms with Crippen LogP contribution in [-0.4, -0.2) is 15.6 Å². The summed E-state index contributed by atoms with van der Waals surface area (Å²) in [6.45, 7) is 1.94. The fourth-order valence-electron chi connectivity index (χ4n) is 2.88. The maximum Gasteiger partial charge on any atom is 0.264 e. The number of carbonyl (C=O) groups excluding carboxylic acids is 1. The van der Waals surface area contributed by atoms with Crippen LogP contribution in [0.15, 0.2) is 58.6 Å². The van der Waals surface area contributed by atoms with Gasteiger partial charge in [-0.05, 0) is 48.5 Å². The number of hydrogen-bond donors (Lipinski definition) is 1. The number of benzene rings is 2. The van der Waals surface area contributed by atoms with Gasteiger partial charge in [0.2, 0.25) is 0 Å². The summed E-state index contributed by atoms with van der Waals surface area (Å²) >= 11 is 7.48. The van der Waals surface area contributed by atoms with E-state index < -0.39 is 0 Å². The van der Waals surface area contributed by atoms with Crippen LogP contribution in [0.1, 0.15) is 11.1 Å². The molecule has 1 saturated heterocycles. The number of carbonyl (C=O) groups is 1. The quantitative estimate of drug-likeness (QED) is 0.632. The second-order valence-electron chi connectivity index (χ2n) is 6.13. The molecule has 0 bridgehead atoms. The Morgan fingerprint density at radius 1 is 1.23 bits per heavy atom. The van der Waals surface area contributed by atoms with Crippen molar-refractivity contribution < 1.29 is 4.79 Å². The minimum atomic E-state index is -0.139. The molecule has 0 atom stereocenters. The molecular formula is C20H16ClN3OS. The van der Waals surface area contributed by atoms with E-state index in [2.05, 4.69) is 27.0 Å². The highest BCUT2D eigenvalue weighted by molar-refractivity contribution is 8.18. The van der Waals surface area contributed by atoms with Crippen molar-refractivity contribution in [1.29, 1.82) is 0 Å². The smallest absolute Gasteiger partial charge is 0.264 e. The summed E-state index contributed by atoms with van der Waals surface area (Å²) < 4.78 is 2.06. The third-order valence-corrected chi connectivity index (χ3v) is 5.57. The molecule has 3 aromatic rings. The van der Waals surface area contributed by atoms with Gasteiger partial charge >= 0.3 is 0 Å². The van der Waals surface area contributed by atoms with Gasteiger partial charge in [-0.25, -0.2) is 4.99 Å². The summed E-state index contributed by atoms with van der Waals surface area (Å²) in [5.74, 6) is -0.139. The number of aromatic nitrogens is 1. The summed E-state index contributed by atoms with van der Waals surface area (Å²) in [5, 5.41) is 5.15. The lowest BCUT2D eigenvalue weighted by Crippen LogP contribution is -2.19. The molecule has 130 valence electrons. The standard InChI is InChI=1S/C20H16ClN3OS/c1-12-7-8-14(10-16(12)21)22-20-23-19(25)18(26-20)9-13-11-24(2)17-6-4-3-5-15(13)17/h3-11H,1-2H3,(H,22,23,25)/b18-9-. The molecule has 0 saturated carbocycles. The van der Waals surface area contributed by atoms with Crippen LogP contribution in [-0.2, 0) is 11.8 Å². The molecular weight excluding hydrogens is 366 g/mol. The van der Waals surface area contributed by atoms with Gasteiger partial charge in [-0.2, -0.15) is 0 Å². The van der Waals surface area contributed by atoms with Crippen LogP contribution in [0.25, 0.3) is 17.0 Å². The van der Waals surface area contributed by atoms with E-state index in [0.717, 1.165) is 27.7 Å². The second kappa shape index (κ2) is 6.67. The third kappa shape index (κ3) is 3.16. The van der Waals surface area contributed by atoms with Crippen LogP contribution in [0.4, 0.5) is 5.69 Å². The number of fused-ring (bicyclic) bond motifs is 1. The Bertz CT molecular complexity index is 1100. The zero-order valence-electron chi connectivity index (χ0n) is 14.3. The monoisotopic (exact) mass is 381 g/mol. The maximum absolute atomic E-state index is 12.3. The van der Waals surface area contributed by atoms with Crippen LogP contribution >= 0.6 is 23.4 Å². The van der Waals surface area contributed by atoms with Gasteiger partial charge in [0.1, 0.15) is 0 Å². The van der Waals surface area contributed by atoms with Crippen molar-refractivity contribution in [3.63, 3.8) is 0 Å². The normalized spacial score (nSPS) is 17.4. The summed E-state index contributed by atoms with van der Waals surface area (Å²) in [6, 6.07) is 13.7. The van der Waals surface area contributed by atoms with Crippen molar-refractivity contribution in [2.45, 2.75) is 6.92 Å². The first kappa shape index (κ1) is 16.9.